The molecular formula is C22H24Cl2N4O2. The lowest BCUT2D eigenvalue weighted by Crippen LogP contribution is -2.58. The van der Waals surface area contributed by atoms with Crippen molar-refractivity contribution in [2.45, 2.75) is 30.4 Å². The van der Waals surface area contributed by atoms with Gasteiger partial charge < -0.3 is 20.1 Å². The maximum absolute atomic E-state index is 10.2. The zero-order chi connectivity index (χ0) is 21.1. The van der Waals surface area contributed by atoms with Gasteiger partial charge in [0.05, 0.1) is 24.9 Å². The number of alkyl halides is 1. The van der Waals surface area contributed by atoms with Crippen molar-refractivity contribution < 1.29 is 9.84 Å². The SMILES string of the molecule is COc1ccc(CNC2(CO)CCN(c3nncc4ccccc34)C(Cl)C2)cc1Cl. The molecule has 0 amide bonds. The minimum Gasteiger partial charge on any atom is -0.495 e. The third kappa shape index (κ3) is 4.18. The molecule has 3 aromatic rings. The number of piperidine rings is 1. The molecule has 30 heavy (non-hydrogen) atoms. The highest BCUT2D eigenvalue weighted by Gasteiger charge is 2.39. The Bertz CT molecular complexity index is 1030. The van der Waals surface area contributed by atoms with Crippen molar-refractivity contribution in [1.82, 2.24) is 15.5 Å². The van der Waals surface area contributed by atoms with E-state index in [1.54, 1.807) is 13.3 Å². The first kappa shape index (κ1) is 21.1. The minimum absolute atomic E-state index is 0.00480. The van der Waals surface area contributed by atoms with Crippen LogP contribution in [-0.4, -0.2) is 46.6 Å². The average molecular weight is 447 g/mol. The van der Waals surface area contributed by atoms with E-state index in [2.05, 4.69) is 20.4 Å². The van der Waals surface area contributed by atoms with Gasteiger partial charge in [-0.15, -0.1) is 5.10 Å². The number of halogens is 2. The van der Waals surface area contributed by atoms with Crippen LogP contribution in [0.2, 0.25) is 5.02 Å². The normalized spacial score (nSPS) is 21.7. The number of nitrogens with one attached hydrogen (secondary N) is 1. The molecule has 0 aliphatic carbocycles. The number of methoxy groups -OCH3 is 1. The molecule has 4 rings (SSSR count). The molecule has 1 aromatic heterocycles. The number of fused-ring (bicyclic) bond motifs is 1. The Hall–Kier alpha value is -2.12. The zero-order valence-corrected chi connectivity index (χ0v) is 18.2. The average Bonchev–Trinajstić information content (AvgIpc) is 2.77. The quantitative estimate of drug-likeness (QED) is 0.440. The second-order valence-electron chi connectivity index (χ2n) is 7.60. The first-order valence-electron chi connectivity index (χ1n) is 9.85. The summed E-state index contributed by atoms with van der Waals surface area (Å²) in [6, 6.07) is 13.7. The first-order valence-corrected chi connectivity index (χ1v) is 10.7. The number of ether oxygens (including phenoxy) is 1. The molecule has 2 heterocycles. The summed E-state index contributed by atoms with van der Waals surface area (Å²) in [4.78, 5) is 2.07. The van der Waals surface area contributed by atoms with E-state index in [0.717, 1.165) is 28.6 Å². The number of hydrogen-bond donors (Lipinski definition) is 2. The monoisotopic (exact) mass is 446 g/mol. The predicted octanol–water partition coefficient (Wildman–Crippen LogP) is 3.98. The molecule has 158 valence electrons. The Morgan fingerprint density at radius 1 is 1.30 bits per heavy atom. The van der Waals surface area contributed by atoms with Gasteiger partial charge in [0.1, 0.15) is 11.3 Å². The van der Waals surface area contributed by atoms with Crippen LogP contribution in [0.3, 0.4) is 0 Å². The van der Waals surface area contributed by atoms with E-state index < -0.39 is 5.54 Å². The molecule has 8 heteroatoms. The number of nitrogens with zero attached hydrogens (tertiary/aromatic N) is 3. The molecule has 0 spiro atoms. The smallest absolute Gasteiger partial charge is 0.160 e. The number of anilines is 1. The van der Waals surface area contributed by atoms with Crippen molar-refractivity contribution in [3.8, 4) is 5.75 Å². The number of benzene rings is 2. The maximum Gasteiger partial charge on any atom is 0.160 e. The Kier molecular flexibility index (Phi) is 6.29. The fourth-order valence-corrected chi connectivity index (χ4v) is 4.71. The van der Waals surface area contributed by atoms with Gasteiger partial charge in [-0.1, -0.05) is 53.5 Å². The molecular weight excluding hydrogens is 423 g/mol. The van der Waals surface area contributed by atoms with Crippen LogP contribution in [-0.2, 0) is 6.54 Å². The van der Waals surface area contributed by atoms with E-state index in [4.69, 9.17) is 27.9 Å². The molecule has 2 unspecified atom stereocenters. The van der Waals surface area contributed by atoms with E-state index in [1.807, 2.05) is 42.5 Å². The fraction of sp³-hybridized carbons (Fsp3) is 0.364. The van der Waals surface area contributed by atoms with Crippen molar-refractivity contribution in [3.63, 3.8) is 0 Å². The summed E-state index contributed by atoms with van der Waals surface area (Å²) in [5, 5.41) is 24.8. The third-order valence-electron chi connectivity index (χ3n) is 5.74. The third-order valence-corrected chi connectivity index (χ3v) is 6.42. The molecule has 1 fully saturated rings. The lowest BCUT2D eigenvalue weighted by molar-refractivity contribution is 0.128. The van der Waals surface area contributed by atoms with Crippen LogP contribution in [0.1, 0.15) is 18.4 Å². The number of aromatic nitrogens is 2. The first-order chi connectivity index (χ1) is 14.5. The summed E-state index contributed by atoms with van der Waals surface area (Å²) in [5.41, 5.74) is 0.216. The fourth-order valence-electron chi connectivity index (χ4n) is 3.94. The molecule has 1 saturated heterocycles. The summed E-state index contributed by atoms with van der Waals surface area (Å²) in [6.45, 7) is 1.23. The predicted molar refractivity (Wildman–Crippen MR) is 120 cm³/mol. The summed E-state index contributed by atoms with van der Waals surface area (Å²) in [7, 11) is 1.59. The van der Waals surface area contributed by atoms with Gasteiger partial charge in [0.2, 0.25) is 0 Å². The Morgan fingerprint density at radius 3 is 2.87 bits per heavy atom. The van der Waals surface area contributed by atoms with Gasteiger partial charge in [-0.2, -0.15) is 5.10 Å². The van der Waals surface area contributed by atoms with Gasteiger partial charge in [-0.3, -0.25) is 0 Å². The van der Waals surface area contributed by atoms with Gasteiger partial charge in [0, 0.05) is 35.8 Å². The van der Waals surface area contributed by atoms with E-state index >= 15 is 0 Å². The van der Waals surface area contributed by atoms with Crippen LogP contribution in [0.4, 0.5) is 5.82 Å². The van der Waals surface area contributed by atoms with Crippen molar-refractivity contribution in [1.29, 1.82) is 0 Å². The van der Waals surface area contributed by atoms with Crippen LogP contribution < -0.4 is 15.0 Å². The number of aliphatic hydroxyl groups excluding tert-OH is 1. The number of aliphatic hydroxyl groups is 1. The molecule has 6 nitrogen and oxygen atoms in total. The maximum atomic E-state index is 10.2. The minimum atomic E-state index is -0.479. The van der Waals surface area contributed by atoms with Crippen LogP contribution in [0.25, 0.3) is 10.8 Å². The molecule has 0 radical (unpaired) electrons. The molecule has 0 bridgehead atoms. The van der Waals surface area contributed by atoms with Gasteiger partial charge in [-0.05, 0) is 24.1 Å². The van der Waals surface area contributed by atoms with Crippen LogP contribution in [0.5, 0.6) is 5.75 Å². The molecule has 2 N–H and O–H groups in total. The highest BCUT2D eigenvalue weighted by molar-refractivity contribution is 6.32. The standard InChI is InChI=1S/C22H24Cl2N4O2/c1-30-19-7-6-15(10-18(19)23)12-25-22(14-29)8-9-28(20(24)11-22)21-17-5-3-2-4-16(17)13-26-27-21/h2-7,10,13,20,25,29H,8-9,11-12,14H2,1H3. The van der Waals surface area contributed by atoms with Crippen molar-refractivity contribution in [2.24, 2.45) is 0 Å². The Labute approximate surface area is 185 Å². The Balaban J connectivity index is 1.49. The van der Waals surface area contributed by atoms with E-state index in [0.29, 0.717) is 30.3 Å². The molecule has 0 saturated carbocycles. The van der Waals surface area contributed by atoms with Crippen molar-refractivity contribution >= 4 is 39.8 Å². The van der Waals surface area contributed by atoms with Crippen LogP contribution in [0.15, 0.2) is 48.7 Å². The molecule has 2 aromatic carbocycles. The van der Waals surface area contributed by atoms with Crippen molar-refractivity contribution in [3.05, 3.63) is 59.2 Å². The van der Waals surface area contributed by atoms with Gasteiger partial charge in [0.25, 0.3) is 0 Å². The summed E-state index contributed by atoms with van der Waals surface area (Å²) >= 11 is 13.0. The van der Waals surface area contributed by atoms with Gasteiger partial charge >= 0.3 is 0 Å². The number of hydrogen-bond acceptors (Lipinski definition) is 6. The van der Waals surface area contributed by atoms with E-state index in [9.17, 15) is 5.11 Å². The lowest BCUT2D eigenvalue weighted by Gasteiger charge is -2.44. The molecule has 1 aliphatic rings. The zero-order valence-electron chi connectivity index (χ0n) is 16.7. The van der Waals surface area contributed by atoms with Gasteiger partial charge in [0.15, 0.2) is 5.82 Å². The van der Waals surface area contributed by atoms with Crippen LogP contribution in [0, 0.1) is 0 Å². The van der Waals surface area contributed by atoms with E-state index in [1.165, 1.54) is 0 Å². The second-order valence-corrected chi connectivity index (χ2v) is 8.51. The number of rotatable bonds is 6. The van der Waals surface area contributed by atoms with Crippen LogP contribution >= 0.6 is 23.2 Å². The highest BCUT2D eigenvalue weighted by Crippen LogP contribution is 2.35. The molecule has 1 aliphatic heterocycles. The van der Waals surface area contributed by atoms with E-state index in [-0.39, 0.29) is 12.1 Å². The largest absolute Gasteiger partial charge is 0.495 e. The lowest BCUT2D eigenvalue weighted by atomic mass is 9.87. The van der Waals surface area contributed by atoms with Gasteiger partial charge in [-0.25, -0.2) is 0 Å². The molecule has 2 atom stereocenters. The summed E-state index contributed by atoms with van der Waals surface area (Å²) in [6.07, 6.45) is 3.05. The summed E-state index contributed by atoms with van der Waals surface area (Å²) < 4.78 is 5.21. The highest BCUT2D eigenvalue weighted by atomic mass is 35.5. The Morgan fingerprint density at radius 2 is 2.13 bits per heavy atom. The summed E-state index contributed by atoms with van der Waals surface area (Å²) in [5.74, 6) is 1.42. The topological polar surface area (TPSA) is 70.5 Å². The van der Waals surface area contributed by atoms with Crippen molar-refractivity contribution in [2.75, 3.05) is 25.2 Å². The second kappa shape index (κ2) is 8.94.